The first-order valence-electron chi connectivity index (χ1n) is 7.72. The minimum atomic E-state index is -0.358. The predicted molar refractivity (Wildman–Crippen MR) is 92.0 cm³/mol. The molecule has 3 aromatic rings. The number of hydrogen-bond acceptors (Lipinski definition) is 1. The van der Waals surface area contributed by atoms with Gasteiger partial charge in [-0.1, -0.05) is 51.1 Å². The van der Waals surface area contributed by atoms with E-state index in [0.717, 1.165) is 11.1 Å². The number of fused-ring (bicyclic) bond motifs is 1. The Hall–Kier alpha value is -2.36. The molecule has 0 atom stereocenters. The summed E-state index contributed by atoms with van der Waals surface area (Å²) in [5, 5.41) is 0. The Morgan fingerprint density at radius 1 is 1.04 bits per heavy atom. The lowest BCUT2D eigenvalue weighted by atomic mass is 9.97. The molecule has 0 fully saturated rings. The summed E-state index contributed by atoms with van der Waals surface area (Å²) < 4.78 is 17.9. The molecule has 4 heteroatoms. The van der Waals surface area contributed by atoms with Crippen LogP contribution >= 0.6 is 0 Å². The van der Waals surface area contributed by atoms with Gasteiger partial charge in [-0.3, -0.25) is 9.13 Å². The first-order chi connectivity index (χ1) is 10.8. The molecule has 0 amide bonds. The van der Waals surface area contributed by atoms with E-state index in [1.165, 1.54) is 10.6 Å². The van der Waals surface area contributed by atoms with Crippen LogP contribution < -0.4 is 5.69 Å². The van der Waals surface area contributed by atoms with E-state index in [9.17, 15) is 9.18 Å². The second-order valence-electron chi connectivity index (χ2n) is 7.18. The van der Waals surface area contributed by atoms with Crippen LogP contribution in [0.1, 0.15) is 20.8 Å². The van der Waals surface area contributed by atoms with E-state index in [4.69, 9.17) is 0 Å². The van der Waals surface area contributed by atoms with E-state index in [1.807, 2.05) is 57.2 Å². The largest absolute Gasteiger partial charge is 0.328 e. The number of aromatic nitrogens is 2. The highest BCUT2D eigenvalue weighted by molar-refractivity contribution is 5.83. The van der Waals surface area contributed by atoms with Crippen molar-refractivity contribution in [2.75, 3.05) is 0 Å². The van der Waals surface area contributed by atoms with E-state index in [0.29, 0.717) is 17.6 Å². The van der Waals surface area contributed by atoms with E-state index in [-0.39, 0.29) is 16.9 Å². The number of aryl methyl sites for hydroxylation is 1. The Bertz CT molecular complexity index is 914. The molecule has 0 aliphatic rings. The van der Waals surface area contributed by atoms with Gasteiger partial charge in [-0.15, -0.1) is 0 Å². The minimum absolute atomic E-state index is 0.108. The predicted octanol–water partition coefficient (Wildman–Crippen LogP) is 4.19. The molecule has 0 bridgehead atoms. The molecule has 3 rings (SSSR count). The van der Waals surface area contributed by atoms with Gasteiger partial charge in [0.05, 0.1) is 5.52 Å². The summed E-state index contributed by atoms with van der Waals surface area (Å²) in [6, 6.07) is 13.0. The average molecular weight is 312 g/mol. The molecular formula is C19H21FN2O. The van der Waals surface area contributed by atoms with Crippen molar-refractivity contribution in [1.29, 1.82) is 0 Å². The maximum atomic E-state index is 14.8. The number of hydrogen-bond donors (Lipinski definition) is 0. The van der Waals surface area contributed by atoms with Gasteiger partial charge < -0.3 is 0 Å². The number of imidazole rings is 1. The third kappa shape index (κ3) is 2.81. The molecular weight excluding hydrogens is 291 g/mol. The zero-order valence-electron chi connectivity index (χ0n) is 13.9. The SMILES string of the molecule is Cn1c(=O)n(CC(C)(C)C)c2c(F)cc(-c3ccccc3)cc21. The zero-order chi connectivity index (χ0) is 16.8. The van der Waals surface area contributed by atoms with Gasteiger partial charge in [-0.2, -0.15) is 0 Å². The van der Waals surface area contributed by atoms with Crippen molar-refractivity contribution >= 4 is 11.0 Å². The van der Waals surface area contributed by atoms with Crippen molar-refractivity contribution in [3.8, 4) is 11.1 Å². The Labute approximate surface area is 135 Å². The summed E-state index contributed by atoms with van der Waals surface area (Å²) in [5.74, 6) is -0.358. The molecule has 0 unspecified atom stereocenters. The first kappa shape index (κ1) is 15.5. The number of nitrogens with zero attached hydrogens (tertiary/aromatic N) is 2. The lowest BCUT2D eigenvalue weighted by Gasteiger charge is -2.18. The van der Waals surface area contributed by atoms with Crippen LogP contribution in [0.15, 0.2) is 47.3 Å². The number of rotatable bonds is 2. The third-order valence-electron chi connectivity index (χ3n) is 3.93. The topological polar surface area (TPSA) is 26.9 Å². The summed E-state index contributed by atoms with van der Waals surface area (Å²) in [5.41, 5.74) is 2.43. The number of benzene rings is 2. The Morgan fingerprint density at radius 3 is 2.30 bits per heavy atom. The quantitative estimate of drug-likeness (QED) is 0.697. The van der Waals surface area contributed by atoms with Gasteiger partial charge in [0.15, 0.2) is 0 Å². The molecule has 0 saturated carbocycles. The van der Waals surface area contributed by atoms with Gasteiger partial charge in [0, 0.05) is 13.6 Å². The summed E-state index contributed by atoms with van der Waals surface area (Å²) in [7, 11) is 1.69. The molecule has 0 saturated heterocycles. The summed E-state index contributed by atoms with van der Waals surface area (Å²) in [6.45, 7) is 6.59. The molecule has 1 aromatic heterocycles. The van der Waals surface area contributed by atoms with Crippen LogP contribution in [0.5, 0.6) is 0 Å². The highest BCUT2D eigenvalue weighted by Gasteiger charge is 2.20. The average Bonchev–Trinajstić information content (AvgIpc) is 2.72. The fourth-order valence-electron chi connectivity index (χ4n) is 2.91. The molecule has 120 valence electrons. The van der Waals surface area contributed by atoms with Gasteiger partial charge in [0.1, 0.15) is 11.3 Å². The number of halogens is 1. The minimum Gasteiger partial charge on any atom is -0.295 e. The molecule has 2 aromatic carbocycles. The van der Waals surface area contributed by atoms with Gasteiger partial charge in [-0.05, 0) is 28.7 Å². The second-order valence-corrected chi connectivity index (χ2v) is 7.18. The molecule has 0 radical (unpaired) electrons. The van der Waals surface area contributed by atoms with Crippen LogP contribution in [0.2, 0.25) is 0 Å². The normalized spacial score (nSPS) is 12.0. The fourth-order valence-corrected chi connectivity index (χ4v) is 2.91. The molecule has 0 N–H and O–H groups in total. The molecule has 0 spiro atoms. The molecule has 0 aliphatic heterocycles. The Balaban J connectivity index is 2.27. The van der Waals surface area contributed by atoms with Crippen molar-refractivity contribution in [3.63, 3.8) is 0 Å². The highest BCUT2D eigenvalue weighted by Crippen LogP contribution is 2.28. The van der Waals surface area contributed by atoms with Crippen molar-refractivity contribution in [2.45, 2.75) is 27.3 Å². The van der Waals surface area contributed by atoms with E-state index >= 15 is 0 Å². The van der Waals surface area contributed by atoms with Gasteiger partial charge in [0.2, 0.25) is 0 Å². The van der Waals surface area contributed by atoms with Crippen LogP contribution in [-0.4, -0.2) is 9.13 Å². The molecule has 1 heterocycles. The van der Waals surface area contributed by atoms with Crippen molar-refractivity contribution in [2.24, 2.45) is 12.5 Å². The van der Waals surface area contributed by atoms with Crippen LogP contribution in [0.25, 0.3) is 22.2 Å². The van der Waals surface area contributed by atoms with E-state index in [1.54, 1.807) is 11.6 Å². The lowest BCUT2D eigenvalue weighted by Crippen LogP contribution is -2.27. The summed E-state index contributed by atoms with van der Waals surface area (Å²) in [4.78, 5) is 12.5. The zero-order valence-corrected chi connectivity index (χ0v) is 13.9. The summed E-state index contributed by atoms with van der Waals surface area (Å²) >= 11 is 0. The van der Waals surface area contributed by atoms with Crippen molar-refractivity contribution < 1.29 is 4.39 Å². The maximum Gasteiger partial charge on any atom is 0.328 e. The Kier molecular flexibility index (Phi) is 3.63. The van der Waals surface area contributed by atoms with Gasteiger partial charge in [-0.25, -0.2) is 9.18 Å². The van der Waals surface area contributed by atoms with Crippen LogP contribution in [0, 0.1) is 11.2 Å². The van der Waals surface area contributed by atoms with Crippen LogP contribution in [0.3, 0.4) is 0 Å². The highest BCUT2D eigenvalue weighted by atomic mass is 19.1. The summed E-state index contributed by atoms with van der Waals surface area (Å²) in [6.07, 6.45) is 0. The maximum absolute atomic E-state index is 14.8. The van der Waals surface area contributed by atoms with Gasteiger partial charge >= 0.3 is 5.69 Å². The molecule has 23 heavy (non-hydrogen) atoms. The van der Waals surface area contributed by atoms with Crippen LogP contribution in [0.4, 0.5) is 4.39 Å². The fraction of sp³-hybridized carbons (Fsp3) is 0.316. The van der Waals surface area contributed by atoms with Crippen molar-refractivity contribution in [3.05, 3.63) is 58.8 Å². The molecule has 3 nitrogen and oxygen atoms in total. The van der Waals surface area contributed by atoms with E-state index < -0.39 is 0 Å². The second kappa shape index (κ2) is 5.37. The monoisotopic (exact) mass is 312 g/mol. The van der Waals surface area contributed by atoms with Crippen molar-refractivity contribution in [1.82, 2.24) is 9.13 Å². The standard InChI is InChI=1S/C19H21FN2O/c1-19(2,3)12-22-17-15(20)10-14(13-8-6-5-7-9-13)11-16(17)21(4)18(22)23/h5-11H,12H2,1-4H3. The lowest BCUT2D eigenvalue weighted by molar-refractivity contribution is 0.341. The first-order valence-corrected chi connectivity index (χ1v) is 7.72. The Morgan fingerprint density at radius 2 is 1.70 bits per heavy atom. The van der Waals surface area contributed by atoms with Crippen LogP contribution in [-0.2, 0) is 13.6 Å². The third-order valence-corrected chi connectivity index (χ3v) is 3.93. The van der Waals surface area contributed by atoms with Gasteiger partial charge in [0.25, 0.3) is 0 Å². The molecule has 0 aliphatic carbocycles. The smallest absolute Gasteiger partial charge is 0.295 e. The van der Waals surface area contributed by atoms with E-state index in [2.05, 4.69) is 0 Å².